The van der Waals surface area contributed by atoms with Crippen LogP contribution in [-0.4, -0.2) is 42.7 Å². The molecule has 1 heterocycles. The second kappa shape index (κ2) is 5.47. The number of alkyl halides is 3. The second-order valence-electron chi connectivity index (χ2n) is 5.27. The van der Waals surface area contributed by atoms with Gasteiger partial charge in [-0.15, -0.1) is 0 Å². The van der Waals surface area contributed by atoms with Crippen LogP contribution < -0.4 is 5.32 Å². The lowest BCUT2D eigenvalue weighted by Crippen LogP contribution is -2.40. The molecule has 0 bridgehead atoms. The van der Waals surface area contributed by atoms with Crippen LogP contribution in [0.25, 0.3) is 0 Å². The zero-order valence-corrected chi connectivity index (χ0v) is 10.3. The lowest BCUT2D eigenvalue weighted by atomic mass is 10.0. The molecule has 0 aromatic heterocycles. The second-order valence-corrected chi connectivity index (χ2v) is 5.27. The highest BCUT2D eigenvalue weighted by Crippen LogP contribution is 2.31. The molecule has 2 aliphatic rings. The Balaban J connectivity index is 1.79. The molecular weight excluding hydrogens is 245 g/mol. The normalized spacial score (nSPS) is 24.3. The molecule has 1 amide bonds. The van der Waals surface area contributed by atoms with Crippen molar-refractivity contribution < 1.29 is 18.0 Å². The van der Waals surface area contributed by atoms with Crippen molar-refractivity contribution in [2.24, 2.45) is 5.92 Å². The number of halogens is 3. The third-order valence-corrected chi connectivity index (χ3v) is 3.59. The minimum Gasteiger partial charge on any atom is -0.331 e. The summed E-state index contributed by atoms with van der Waals surface area (Å²) in [4.78, 5) is 12.9. The van der Waals surface area contributed by atoms with E-state index in [-0.39, 0.29) is 18.4 Å². The van der Waals surface area contributed by atoms with Crippen LogP contribution in [0.1, 0.15) is 32.1 Å². The molecule has 0 spiro atoms. The average molecular weight is 264 g/mol. The molecule has 18 heavy (non-hydrogen) atoms. The highest BCUT2D eigenvalue weighted by Gasteiger charge is 2.40. The smallest absolute Gasteiger partial charge is 0.331 e. The fraction of sp³-hybridized carbons (Fsp3) is 0.917. The number of carbonyl (C=O) groups is 1. The molecule has 3 nitrogen and oxygen atoms in total. The maximum absolute atomic E-state index is 12.4. The summed E-state index contributed by atoms with van der Waals surface area (Å²) in [6, 6.07) is -0.166. The number of amides is 1. The predicted molar refractivity (Wildman–Crippen MR) is 61.0 cm³/mol. The van der Waals surface area contributed by atoms with Crippen LogP contribution in [0.15, 0.2) is 0 Å². The fourth-order valence-corrected chi connectivity index (χ4v) is 2.43. The Morgan fingerprint density at radius 1 is 1.28 bits per heavy atom. The van der Waals surface area contributed by atoms with Gasteiger partial charge in [0.1, 0.15) is 6.54 Å². The minimum atomic E-state index is -4.28. The van der Waals surface area contributed by atoms with Crippen LogP contribution in [0.2, 0.25) is 0 Å². The molecule has 1 unspecified atom stereocenters. The molecular formula is C12H19F3N2O. The summed E-state index contributed by atoms with van der Waals surface area (Å²) < 4.78 is 37.2. The summed E-state index contributed by atoms with van der Waals surface area (Å²) in [6.07, 6.45) is -0.880. The van der Waals surface area contributed by atoms with Crippen molar-refractivity contribution >= 4 is 5.91 Å². The molecule has 1 aliphatic heterocycles. The Morgan fingerprint density at radius 2 is 2.00 bits per heavy atom. The zero-order chi connectivity index (χ0) is 13.2. The Bertz CT molecular complexity index is 296. The van der Waals surface area contributed by atoms with E-state index in [1.165, 1.54) is 0 Å². The monoisotopic (exact) mass is 264 g/mol. The number of nitrogens with one attached hydrogen (secondary N) is 1. The predicted octanol–water partition coefficient (Wildman–Crippen LogP) is 1.93. The van der Waals surface area contributed by atoms with E-state index in [2.05, 4.69) is 5.32 Å². The molecule has 6 heteroatoms. The van der Waals surface area contributed by atoms with Crippen LogP contribution in [0, 0.1) is 5.92 Å². The van der Waals surface area contributed by atoms with Crippen molar-refractivity contribution in [1.29, 1.82) is 0 Å². The number of rotatable bonds is 5. The van der Waals surface area contributed by atoms with Gasteiger partial charge in [-0.05, 0) is 44.7 Å². The van der Waals surface area contributed by atoms with E-state index < -0.39 is 12.7 Å². The van der Waals surface area contributed by atoms with E-state index in [1.54, 1.807) is 0 Å². The van der Waals surface area contributed by atoms with E-state index in [1.807, 2.05) is 0 Å². The van der Waals surface area contributed by atoms with Crippen molar-refractivity contribution in [3.05, 3.63) is 0 Å². The highest BCUT2D eigenvalue weighted by atomic mass is 19.4. The highest BCUT2D eigenvalue weighted by molar-refractivity contribution is 5.77. The lowest BCUT2D eigenvalue weighted by Gasteiger charge is -2.24. The van der Waals surface area contributed by atoms with Gasteiger partial charge in [-0.2, -0.15) is 13.2 Å². The third kappa shape index (κ3) is 4.15. The van der Waals surface area contributed by atoms with Gasteiger partial charge >= 0.3 is 6.18 Å². The molecule has 1 atom stereocenters. The summed E-state index contributed by atoms with van der Waals surface area (Å²) >= 11 is 0. The Kier molecular flexibility index (Phi) is 4.14. The van der Waals surface area contributed by atoms with Crippen molar-refractivity contribution in [1.82, 2.24) is 10.2 Å². The standard InChI is InChI=1S/C12H19F3N2O/c13-12(14,15)8-17(10-2-3-10)11(18)4-1-9-5-6-16-7-9/h9-10,16H,1-8H2. The molecule has 2 fully saturated rings. The third-order valence-electron chi connectivity index (χ3n) is 3.59. The van der Waals surface area contributed by atoms with E-state index in [0.717, 1.165) is 24.4 Å². The van der Waals surface area contributed by atoms with Gasteiger partial charge in [-0.3, -0.25) is 4.79 Å². The fourth-order valence-electron chi connectivity index (χ4n) is 2.43. The van der Waals surface area contributed by atoms with Gasteiger partial charge in [0.15, 0.2) is 0 Å². The summed E-state index contributed by atoms with van der Waals surface area (Å²) in [5.41, 5.74) is 0. The van der Waals surface area contributed by atoms with Crippen LogP contribution in [0.5, 0.6) is 0 Å². The number of carbonyl (C=O) groups excluding carboxylic acids is 1. The van der Waals surface area contributed by atoms with Crippen molar-refractivity contribution in [3.8, 4) is 0 Å². The number of hydrogen-bond donors (Lipinski definition) is 1. The van der Waals surface area contributed by atoms with Gasteiger partial charge in [0.05, 0.1) is 0 Å². The first-order chi connectivity index (χ1) is 8.46. The quantitative estimate of drug-likeness (QED) is 0.823. The maximum Gasteiger partial charge on any atom is 0.406 e. The van der Waals surface area contributed by atoms with Gasteiger partial charge in [0.2, 0.25) is 5.91 Å². The molecule has 1 saturated heterocycles. The molecule has 2 rings (SSSR count). The summed E-state index contributed by atoms with van der Waals surface area (Å²) in [5, 5.41) is 3.19. The Labute approximate surface area is 105 Å². The van der Waals surface area contributed by atoms with Crippen LogP contribution >= 0.6 is 0 Å². The molecule has 1 N–H and O–H groups in total. The first kappa shape index (κ1) is 13.6. The minimum absolute atomic E-state index is 0.166. The van der Waals surface area contributed by atoms with Gasteiger partial charge in [0, 0.05) is 12.5 Å². The lowest BCUT2D eigenvalue weighted by molar-refractivity contribution is -0.162. The topological polar surface area (TPSA) is 32.3 Å². The van der Waals surface area contributed by atoms with E-state index in [0.29, 0.717) is 25.2 Å². The van der Waals surface area contributed by atoms with Crippen molar-refractivity contribution in [2.75, 3.05) is 19.6 Å². The van der Waals surface area contributed by atoms with Gasteiger partial charge in [-0.25, -0.2) is 0 Å². The molecule has 104 valence electrons. The number of hydrogen-bond acceptors (Lipinski definition) is 2. The molecule has 1 saturated carbocycles. The van der Waals surface area contributed by atoms with Crippen LogP contribution in [0.4, 0.5) is 13.2 Å². The summed E-state index contributed by atoms with van der Waals surface area (Å²) in [5.74, 6) is 0.114. The SMILES string of the molecule is O=C(CCC1CCNC1)N(CC(F)(F)F)C1CC1. The first-order valence-corrected chi connectivity index (χ1v) is 6.52. The van der Waals surface area contributed by atoms with Crippen molar-refractivity contribution in [2.45, 2.75) is 44.3 Å². The van der Waals surface area contributed by atoms with E-state index in [9.17, 15) is 18.0 Å². The van der Waals surface area contributed by atoms with Crippen LogP contribution in [-0.2, 0) is 4.79 Å². The zero-order valence-electron chi connectivity index (χ0n) is 10.3. The largest absolute Gasteiger partial charge is 0.406 e. The summed E-state index contributed by atoms with van der Waals surface area (Å²) in [6.45, 7) is 0.753. The Hall–Kier alpha value is -0.780. The molecule has 0 aromatic rings. The average Bonchev–Trinajstić information content (AvgIpc) is 2.98. The number of nitrogens with zero attached hydrogens (tertiary/aromatic N) is 1. The van der Waals surface area contributed by atoms with Gasteiger partial charge in [-0.1, -0.05) is 0 Å². The van der Waals surface area contributed by atoms with Gasteiger partial charge < -0.3 is 10.2 Å². The van der Waals surface area contributed by atoms with E-state index >= 15 is 0 Å². The van der Waals surface area contributed by atoms with Crippen molar-refractivity contribution in [3.63, 3.8) is 0 Å². The van der Waals surface area contributed by atoms with Gasteiger partial charge in [0.25, 0.3) is 0 Å². The van der Waals surface area contributed by atoms with Crippen LogP contribution in [0.3, 0.4) is 0 Å². The van der Waals surface area contributed by atoms with E-state index in [4.69, 9.17) is 0 Å². The molecule has 0 aromatic carbocycles. The molecule has 1 aliphatic carbocycles. The summed E-state index contributed by atoms with van der Waals surface area (Å²) in [7, 11) is 0. The molecule has 0 radical (unpaired) electrons. The Morgan fingerprint density at radius 3 is 2.50 bits per heavy atom. The maximum atomic E-state index is 12.4. The first-order valence-electron chi connectivity index (χ1n) is 6.52.